The lowest BCUT2D eigenvalue weighted by Crippen LogP contribution is -1.67. The molecule has 3 heteroatoms. The number of rotatable bonds is 2. The van der Waals surface area contributed by atoms with E-state index in [1.165, 1.54) is 17.3 Å². The summed E-state index contributed by atoms with van der Waals surface area (Å²) in [5.74, 6) is 0. The summed E-state index contributed by atoms with van der Waals surface area (Å²) < 4.78 is 0.550. The fraction of sp³-hybridized carbons (Fsp3) is 0. The average Bonchev–Trinajstić information content (AvgIpc) is 2.06. The van der Waals surface area contributed by atoms with Crippen molar-refractivity contribution < 1.29 is 0 Å². The molecule has 57 valence electrons. The standard InChI is InChI=1S/C8H5Cl2S/c9-6-8(10)11-7-4-2-1-3-5-7/h1-4,6H/b8-6+. The molecular weight excluding hydrogens is 199 g/mol. The van der Waals surface area contributed by atoms with Crippen LogP contribution in [0.2, 0.25) is 0 Å². The highest BCUT2D eigenvalue weighted by atomic mass is 35.5. The molecule has 0 bridgehead atoms. The summed E-state index contributed by atoms with van der Waals surface area (Å²) in [6, 6.07) is 10.6. The van der Waals surface area contributed by atoms with Crippen LogP contribution in [-0.2, 0) is 0 Å². The van der Waals surface area contributed by atoms with Crippen molar-refractivity contribution in [2.75, 3.05) is 0 Å². The maximum atomic E-state index is 5.67. The quantitative estimate of drug-likeness (QED) is 0.659. The molecule has 0 aliphatic heterocycles. The van der Waals surface area contributed by atoms with E-state index in [4.69, 9.17) is 23.2 Å². The van der Waals surface area contributed by atoms with Gasteiger partial charge in [-0.2, -0.15) is 0 Å². The van der Waals surface area contributed by atoms with Crippen molar-refractivity contribution in [2.24, 2.45) is 0 Å². The molecule has 1 aromatic rings. The molecule has 0 aromatic heterocycles. The largest absolute Gasteiger partial charge is 0.0908 e. The molecule has 0 saturated heterocycles. The first kappa shape index (κ1) is 8.98. The molecule has 0 N–H and O–H groups in total. The number of hydrogen-bond acceptors (Lipinski definition) is 1. The molecule has 1 rings (SSSR count). The van der Waals surface area contributed by atoms with Gasteiger partial charge in [0.2, 0.25) is 0 Å². The molecule has 0 spiro atoms. The third-order valence-electron chi connectivity index (χ3n) is 0.974. The van der Waals surface area contributed by atoms with Gasteiger partial charge in [-0.15, -0.1) is 0 Å². The summed E-state index contributed by atoms with van der Waals surface area (Å²) in [7, 11) is 0. The minimum atomic E-state index is 0.550. The lowest BCUT2D eigenvalue weighted by Gasteiger charge is -1.95. The Kier molecular flexibility index (Phi) is 3.84. The molecule has 0 aliphatic carbocycles. The molecule has 0 atom stereocenters. The lowest BCUT2D eigenvalue weighted by molar-refractivity contribution is 1.45. The molecule has 1 radical (unpaired) electrons. The first-order valence-corrected chi connectivity index (χ1v) is 4.56. The smallest absolute Gasteiger partial charge is 0.0895 e. The van der Waals surface area contributed by atoms with Crippen molar-refractivity contribution in [1.29, 1.82) is 0 Å². The van der Waals surface area contributed by atoms with E-state index in [0.717, 1.165) is 4.90 Å². The molecular formula is C8H5Cl2S. The predicted octanol–water partition coefficient (Wildman–Crippen LogP) is 3.86. The first-order chi connectivity index (χ1) is 5.33. The molecule has 0 aliphatic rings. The number of thioether (sulfide) groups is 1. The minimum Gasteiger partial charge on any atom is -0.0908 e. The summed E-state index contributed by atoms with van der Waals surface area (Å²) in [4.78, 5) is 0.967. The van der Waals surface area contributed by atoms with E-state index in [1.54, 1.807) is 0 Å². The van der Waals surface area contributed by atoms with Crippen molar-refractivity contribution >= 4 is 35.0 Å². The molecule has 1 aromatic carbocycles. The minimum absolute atomic E-state index is 0.550. The third kappa shape index (κ3) is 3.19. The summed E-state index contributed by atoms with van der Waals surface area (Å²) in [5, 5.41) is 0. The zero-order chi connectivity index (χ0) is 8.10. The van der Waals surface area contributed by atoms with Crippen molar-refractivity contribution in [3.05, 3.63) is 40.2 Å². The molecule has 0 heterocycles. The van der Waals surface area contributed by atoms with Crippen LogP contribution in [-0.4, -0.2) is 0 Å². The number of benzene rings is 1. The maximum absolute atomic E-state index is 5.67. The van der Waals surface area contributed by atoms with Crippen LogP contribution in [0.5, 0.6) is 0 Å². The Hall–Kier alpha value is -0.110. The van der Waals surface area contributed by atoms with Crippen LogP contribution < -0.4 is 0 Å². The summed E-state index contributed by atoms with van der Waals surface area (Å²) in [6.45, 7) is 0. The van der Waals surface area contributed by atoms with E-state index in [-0.39, 0.29) is 0 Å². The Labute approximate surface area is 80.2 Å². The highest BCUT2D eigenvalue weighted by Gasteiger charge is 1.94. The predicted molar refractivity (Wildman–Crippen MR) is 50.9 cm³/mol. The van der Waals surface area contributed by atoms with Crippen LogP contribution in [0.4, 0.5) is 0 Å². The molecule has 0 nitrogen and oxygen atoms in total. The van der Waals surface area contributed by atoms with Gasteiger partial charge in [-0.3, -0.25) is 0 Å². The van der Waals surface area contributed by atoms with E-state index in [2.05, 4.69) is 6.07 Å². The van der Waals surface area contributed by atoms with Gasteiger partial charge in [-0.1, -0.05) is 53.2 Å². The van der Waals surface area contributed by atoms with Crippen LogP contribution in [0.3, 0.4) is 0 Å². The Morgan fingerprint density at radius 2 is 2.36 bits per heavy atom. The summed E-state index contributed by atoms with van der Waals surface area (Å²) in [5.41, 5.74) is 1.34. The van der Waals surface area contributed by atoms with Gasteiger partial charge < -0.3 is 0 Å². The Morgan fingerprint density at radius 3 is 2.91 bits per heavy atom. The van der Waals surface area contributed by atoms with Crippen molar-refractivity contribution in [1.82, 2.24) is 0 Å². The Balaban J connectivity index is 2.65. The van der Waals surface area contributed by atoms with E-state index in [0.29, 0.717) is 4.36 Å². The molecule has 11 heavy (non-hydrogen) atoms. The van der Waals surface area contributed by atoms with Gasteiger partial charge in [-0.25, -0.2) is 0 Å². The second-order valence-electron chi connectivity index (χ2n) is 1.74. The SMILES string of the molecule is Cl/C=C(\Cl)Sc1[c]cccc1. The van der Waals surface area contributed by atoms with Crippen LogP contribution in [0.1, 0.15) is 0 Å². The monoisotopic (exact) mass is 203 g/mol. The lowest BCUT2D eigenvalue weighted by atomic mass is 10.4. The van der Waals surface area contributed by atoms with Gasteiger partial charge in [0.05, 0.1) is 4.36 Å². The Bertz CT molecular complexity index is 244. The zero-order valence-corrected chi connectivity index (χ0v) is 7.88. The third-order valence-corrected chi connectivity index (χ3v) is 2.56. The number of hydrogen-bond donors (Lipinski definition) is 0. The van der Waals surface area contributed by atoms with Gasteiger partial charge in [0.25, 0.3) is 0 Å². The second kappa shape index (κ2) is 4.70. The van der Waals surface area contributed by atoms with Gasteiger partial charge in [0, 0.05) is 10.4 Å². The first-order valence-electron chi connectivity index (χ1n) is 2.93. The van der Waals surface area contributed by atoms with E-state index in [1.807, 2.05) is 24.3 Å². The highest BCUT2D eigenvalue weighted by molar-refractivity contribution is 8.04. The fourth-order valence-electron chi connectivity index (χ4n) is 0.568. The maximum Gasteiger partial charge on any atom is 0.0895 e. The summed E-state index contributed by atoms with van der Waals surface area (Å²) in [6.07, 6.45) is 0. The second-order valence-corrected chi connectivity index (χ2v) is 3.68. The van der Waals surface area contributed by atoms with Gasteiger partial charge in [-0.05, 0) is 12.1 Å². The van der Waals surface area contributed by atoms with E-state index >= 15 is 0 Å². The van der Waals surface area contributed by atoms with Crippen LogP contribution in [0.15, 0.2) is 39.1 Å². The Morgan fingerprint density at radius 1 is 1.55 bits per heavy atom. The topological polar surface area (TPSA) is 0 Å². The van der Waals surface area contributed by atoms with Crippen LogP contribution >= 0.6 is 35.0 Å². The van der Waals surface area contributed by atoms with Crippen molar-refractivity contribution in [2.45, 2.75) is 4.90 Å². The molecule has 0 saturated carbocycles. The highest BCUT2D eigenvalue weighted by Crippen LogP contribution is 2.28. The molecule has 0 amide bonds. The van der Waals surface area contributed by atoms with Crippen molar-refractivity contribution in [3.63, 3.8) is 0 Å². The molecule has 0 fully saturated rings. The van der Waals surface area contributed by atoms with Gasteiger partial charge in [0.1, 0.15) is 0 Å². The van der Waals surface area contributed by atoms with Gasteiger partial charge >= 0.3 is 0 Å². The normalized spacial score (nSPS) is 11.6. The van der Waals surface area contributed by atoms with Crippen LogP contribution in [0, 0.1) is 6.07 Å². The van der Waals surface area contributed by atoms with E-state index < -0.39 is 0 Å². The summed E-state index contributed by atoms with van der Waals surface area (Å²) >= 11 is 12.4. The number of halogens is 2. The zero-order valence-electron chi connectivity index (χ0n) is 5.55. The van der Waals surface area contributed by atoms with Crippen molar-refractivity contribution in [3.8, 4) is 0 Å². The fourth-order valence-corrected chi connectivity index (χ4v) is 1.48. The van der Waals surface area contributed by atoms with E-state index in [9.17, 15) is 0 Å². The van der Waals surface area contributed by atoms with Crippen LogP contribution in [0.25, 0.3) is 0 Å². The average molecular weight is 204 g/mol. The molecule has 0 unspecified atom stereocenters. The van der Waals surface area contributed by atoms with Gasteiger partial charge in [0.15, 0.2) is 0 Å².